The number of hydrogen-bond donors (Lipinski definition) is 0. The maximum atomic E-state index is 12.7. The molecule has 4 heteroatoms. The molecule has 1 unspecified atom stereocenters. The second-order valence-corrected chi connectivity index (χ2v) is 6.26. The molecule has 3 nitrogen and oxygen atoms in total. The molecule has 0 saturated heterocycles. The summed E-state index contributed by atoms with van der Waals surface area (Å²) in [6.07, 6.45) is 4.88. The van der Waals surface area contributed by atoms with Crippen LogP contribution in [0.5, 0.6) is 5.75 Å². The van der Waals surface area contributed by atoms with E-state index in [1.165, 1.54) is 24.2 Å². The second kappa shape index (κ2) is 4.57. The van der Waals surface area contributed by atoms with Gasteiger partial charge in [0.15, 0.2) is 0 Å². The molecule has 2 aliphatic rings. The Hall–Kier alpha value is -1.03. The van der Waals surface area contributed by atoms with Crippen LogP contribution in [0.25, 0.3) is 0 Å². The minimum Gasteiger partial charge on any atom is -0.495 e. The molecular formula is C14H19NO2S. The molecular weight excluding hydrogens is 246 g/mol. The lowest BCUT2D eigenvalue weighted by Crippen LogP contribution is -2.41. The molecule has 2 saturated carbocycles. The first-order chi connectivity index (χ1) is 8.72. The standard InChI is InChI=1S/C14H19NO2S/c1-9(10-3-4-10)15(11-5-6-11)14(16)13-12(17-2)7-8-18-13/h7-11H,3-6H2,1-2H3. The van der Waals surface area contributed by atoms with E-state index in [0.717, 1.165) is 29.4 Å². The van der Waals surface area contributed by atoms with Crippen LogP contribution < -0.4 is 4.74 Å². The number of hydrogen-bond acceptors (Lipinski definition) is 3. The second-order valence-electron chi connectivity index (χ2n) is 5.34. The molecule has 18 heavy (non-hydrogen) atoms. The van der Waals surface area contributed by atoms with E-state index in [1.807, 2.05) is 11.4 Å². The van der Waals surface area contributed by atoms with Crippen molar-refractivity contribution in [1.82, 2.24) is 4.90 Å². The summed E-state index contributed by atoms with van der Waals surface area (Å²) in [7, 11) is 1.63. The number of carbonyl (C=O) groups is 1. The van der Waals surface area contributed by atoms with Crippen LogP contribution in [0.3, 0.4) is 0 Å². The molecule has 1 heterocycles. The molecule has 1 amide bonds. The highest BCUT2D eigenvalue weighted by Gasteiger charge is 2.42. The quantitative estimate of drug-likeness (QED) is 0.818. The van der Waals surface area contributed by atoms with E-state index in [4.69, 9.17) is 4.74 Å². The highest BCUT2D eigenvalue weighted by atomic mass is 32.1. The van der Waals surface area contributed by atoms with E-state index in [9.17, 15) is 4.79 Å². The number of carbonyl (C=O) groups excluding carboxylic acids is 1. The Labute approximate surface area is 112 Å². The van der Waals surface area contributed by atoms with Crippen molar-refractivity contribution >= 4 is 17.2 Å². The van der Waals surface area contributed by atoms with Crippen molar-refractivity contribution in [2.45, 2.75) is 44.7 Å². The number of amides is 1. The van der Waals surface area contributed by atoms with Gasteiger partial charge in [0.25, 0.3) is 5.91 Å². The SMILES string of the molecule is COc1ccsc1C(=O)N(C1CC1)C(C)C1CC1. The molecule has 0 spiro atoms. The Kier molecular flexibility index (Phi) is 3.06. The molecule has 3 rings (SSSR count). The van der Waals surface area contributed by atoms with E-state index >= 15 is 0 Å². The number of methoxy groups -OCH3 is 1. The molecule has 0 N–H and O–H groups in total. The summed E-state index contributed by atoms with van der Waals surface area (Å²) >= 11 is 1.49. The zero-order valence-electron chi connectivity index (χ0n) is 10.9. The lowest BCUT2D eigenvalue weighted by atomic mass is 10.1. The predicted octanol–water partition coefficient (Wildman–Crippen LogP) is 3.16. The van der Waals surface area contributed by atoms with E-state index < -0.39 is 0 Å². The van der Waals surface area contributed by atoms with E-state index in [1.54, 1.807) is 7.11 Å². The smallest absolute Gasteiger partial charge is 0.268 e. The van der Waals surface area contributed by atoms with Gasteiger partial charge in [-0.2, -0.15) is 0 Å². The van der Waals surface area contributed by atoms with E-state index in [2.05, 4.69) is 11.8 Å². The fraction of sp³-hybridized carbons (Fsp3) is 0.643. The molecule has 98 valence electrons. The zero-order valence-corrected chi connectivity index (χ0v) is 11.7. The molecule has 0 aromatic carbocycles. The van der Waals surface area contributed by atoms with Gasteiger partial charge in [0, 0.05) is 12.1 Å². The summed E-state index contributed by atoms with van der Waals surface area (Å²) in [5, 5.41) is 1.93. The van der Waals surface area contributed by atoms with Crippen molar-refractivity contribution in [3.63, 3.8) is 0 Å². The summed E-state index contributed by atoms with van der Waals surface area (Å²) in [6, 6.07) is 2.74. The van der Waals surface area contributed by atoms with Crippen LogP contribution in [0, 0.1) is 5.92 Å². The van der Waals surface area contributed by atoms with Gasteiger partial charge < -0.3 is 9.64 Å². The minimum absolute atomic E-state index is 0.170. The molecule has 0 bridgehead atoms. The molecule has 2 fully saturated rings. The van der Waals surface area contributed by atoms with Crippen LogP contribution in [0.1, 0.15) is 42.3 Å². The van der Waals surface area contributed by atoms with Gasteiger partial charge in [-0.05, 0) is 50.0 Å². The van der Waals surface area contributed by atoms with Crippen LogP contribution in [0.4, 0.5) is 0 Å². The first kappa shape index (κ1) is 12.0. The van der Waals surface area contributed by atoms with Gasteiger partial charge in [-0.1, -0.05) is 0 Å². The Morgan fingerprint density at radius 3 is 2.72 bits per heavy atom. The van der Waals surface area contributed by atoms with Gasteiger partial charge in [-0.3, -0.25) is 4.79 Å². The molecule has 0 radical (unpaired) electrons. The van der Waals surface area contributed by atoms with Crippen molar-refractivity contribution in [3.8, 4) is 5.75 Å². The van der Waals surface area contributed by atoms with Crippen LogP contribution in [-0.4, -0.2) is 30.0 Å². The van der Waals surface area contributed by atoms with Crippen LogP contribution >= 0.6 is 11.3 Å². The number of nitrogens with zero attached hydrogens (tertiary/aromatic N) is 1. The fourth-order valence-electron chi connectivity index (χ4n) is 2.57. The summed E-state index contributed by atoms with van der Waals surface area (Å²) < 4.78 is 5.28. The maximum absolute atomic E-state index is 12.7. The largest absolute Gasteiger partial charge is 0.495 e. The number of rotatable bonds is 5. The van der Waals surface area contributed by atoms with Gasteiger partial charge in [0.05, 0.1) is 7.11 Å². The van der Waals surface area contributed by atoms with Crippen molar-refractivity contribution < 1.29 is 9.53 Å². The van der Waals surface area contributed by atoms with Crippen LogP contribution in [0.15, 0.2) is 11.4 Å². The molecule has 1 aromatic heterocycles. The molecule has 1 atom stereocenters. The van der Waals surface area contributed by atoms with Crippen molar-refractivity contribution in [3.05, 3.63) is 16.3 Å². The average Bonchev–Trinajstić information content (AvgIpc) is 3.27. The third kappa shape index (κ3) is 2.14. The molecule has 2 aliphatic carbocycles. The lowest BCUT2D eigenvalue weighted by molar-refractivity contribution is 0.0656. The van der Waals surface area contributed by atoms with E-state index in [-0.39, 0.29) is 5.91 Å². The Bertz CT molecular complexity index is 448. The van der Waals surface area contributed by atoms with Crippen LogP contribution in [0.2, 0.25) is 0 Å². The van der Waals surface area contributed by atoms with Crippen molar-refractivity contribution in [2.24, 2.45) is 5.92 Å². The van der Waals surface area contributed by atoms with E-state index in [0.29, 0.717) is 12.1 Å². The van der Waals surface area contributed by atoms with Gasteiger partial charge >= 0.3 is 0 Å². The third-order valence-corrected chi connectivity index (χ3v) is 4.84. The van der Waals surface area contributed by atoms with Gasteiger partial charge in [-0.25, -0.2) is 0 Å². The third-order valence-electron chi connectivity index (χ3n) is 3.96. The highest BCUT2D eigenvalue weighted by Crippen LogP contribution is 2.41. The summed E-state index contributed by atoms with van der Waals surface area (Å²) in [6.45, 7) is 2.20. The Morgan fingerprint density at radius 2 is 2.17 bits per heavy atom. The monoisotopic (exact) mass is 265 g/mol. The minimum atomic E-state index is 0.170. The first-order valence-corrected chi connectivity index (χ1v) is 7.54. The van der Waals surface area contributed by atoms with Crippen molar-refractivity contribution in [1.29, 1.82) is 0 Å². The first-order valence-electron chi connectivity index (χ1n) is 6.66. The topological polar surface area (TPSA) is 29.5 Å². The molecule has 1 aromatic rings. The Balaban J connectivity index is 1.83. The summed E-state index contributed by atoms with van der Waals surface area (Å²) in [5.74, 6) is 1.61. The van der Waals surface area contributed by atoms with Crippen molar-refractivity contribution in [2.75, 3.05) is 7.11 Å². The maximum Gasteiger partial charge on any atom is 0.268 e. The predicted molar refractivity (Wildman–Crippen MR) is 72.2 cm³/mol. The summed E-state index contributed by atoms with van der Waals surface area (Å²) in [4.78, 5) is 15.6. The Morgan fingerprint density at radius 1 is 1.44 bits per heavy atom. The number of thiophene rings is 1. The fourth-order valence-corrected chi connectivity index (χ4v) is 3.37. The summed E-state index contributed by atoms with van der Waals surface area (Å²) in [5.41, 5.74) is 0. The average molecular weight is 265 g/mol. The number of ether oxygens (including phenoxy) is 1. The normalized spacial score (nSPS) is 20.6. The molecule has 0 aliphatic heterocycles. The highest BCUT2D eigenvalue weighted by molar-refractivity contribution is 7.12. The van der Waals surface area contributed by atoms with Crippen LogP contribution in [-0.2, 0) is 0 Å². The van der Waals surface area contributed by atoms with Gasteiger partial charge in [0.1, 0.15) is 10.6 Å². The van der Waals surface area contributed by atoms with Gasteiger partial charge in [0.2, 0.25) is 0 Å². The lowest BCUT2D eigenvalue weighted by Gasteiger charge is -2.29. The zero-order chi connectivity index (χ0) is 12.7. The van der Waals surface area contributed by atoms with Gasteiger partial charge in [-0.15, -0.1) is 11.3 Å².